The molecule has 0 atom stereocenters. The maximum absolute atomic E-state index is 8.66. The van der Waals surface area contributed by atoms with Crippen LogP contribution in [0.3, 0.4) is 0 Å². The lowest BCUT2D eigenvalue weighted by Gasteiger charge is -2.20. The van der Waals surface area contributed by atoms with Crippen LogP contribution in [-0.2, 0) is 6.54 Å². The SMILES string of the molecule is N#CCCN(CCCCBr)Cc1cccnc1. The van der Waals surface area contributed by atoms with Crippen LogP contribution in [-0.4, -0.2) is 28.3 Å². The Morgan fingerprint density at radius 3 is 2.88 bits per heavy atom. The van der Waals surface area contributed by atoms with E-state index < -0.39 is 0 Å². The zero-order valence-corrected chi connectivity index (χ0v) is 11.6. The zero-order chi connectivity index (χ0) is 12.3. The summed E-state index contributed by atoms with van der Waals surface area (Å²) in [4.78, 5) is 6.44. The summed E-state index contributed by atoms with van der Waals surface area (Å²) in [5.74, 6) is 0. The molecule has 17 heavy (non-hydrogen) atoms. The fraction of sp³-hybridized carbons (Fsp3) is 0.538. The predicted octanol–water partition coefficient (Wildman–Crippen LogP) is 2.97. The number of aromatic nitrogens is 1. The predicted molar refractivity (Wildman–Crippen MR) is 72.8 cm³/mol. The highest BCUT2D eigenvalue weighted by molar-refractivity contribution is 9.09. The second-order valence-corrected chi connectivity index (χ2v) is 4.73. The van der Waals surface area contributed by atoms with Gasteiger partial charge in [-0.15, -0.1) is 0 Å². The third kappa shape index (κ3) is 6.40. The van der Waals surface area contributed by atoms with Crippen LogP contribution in [0, 0.1) is 11.3 Å². The molecule has 0 aliphatic rings. The van der Waals surface area contributed by atoms with Gasteiger partial charge in [-0.2, -0.15) is 5.26 Å². The number of rotatable bonds is 8. The van der Waals surface area contributed by atoms with Crippen molar-refractivity contribution in [3.63, 3.8) is 0 Å². The fourth-order valence-electron chi connectivity index (χ4n) is 1.66. The molecule has 1 rings (SSSR count). The number of unbranched alkanes of at least 4 members (excludes halogenated alkanes) is 1. The van der Waals surface area contributed by atoms with E-state index in [-0.39, 0.29) is 0 Å². The molecule has 0 N–H and O–H groups in total. The van der Waals surface area contributed by atoms with Crippen LogP contribution in [0.15, 0.2) is 24.5 Å². The van der Waals surface area contributed by atoms with Crippen LogP contribution in [0.1, 0.15) is 24.8 Å². The van der Waals surface area contributed by atoms with Gasteiger partial charge < -0.3 is 0 Å². The lowest BCUT2D eigenvalue weighted by atomic mass is 10.2. The second-order valence-electron chi connectivity index (χ2n) is 3.94. The van der Waals surface area contributed by atoms with E-state index in [1.54, 1.807) is 6.20 Å². The Balaban J connectivity index is 2.42. The normalized spacial score (nSPS) is 10.4. The molecule has 3 nitrogen and oxygen atoms in total. The van der Waals surface area contributed by atoms with Gasteiger partial charge in [-0.1, -0.05) is 22.0 Å². The Morgan fingerprint density at radius 2 is 2.24 bits per heavy atom. The minimum atomic E-state index is 0.592. The number of hydrogen-bond acceptors (Lipinski definition) is 3. The van der Waals surface area contributed by atoms with Gasteiger partial charge in [0.05, 0.1) is 6.07 Å². The summed E-state index contributed by atoms with van der Waals surface area (Å²) >= 11 is 3.44. The molecule has 1 aromatic rings. The maximum atomic E-state index is 8.66. The van der Waals surface area contributed by atoms with Crippen molar-refractivity contribution in [3.05, 3.63) is 30.1 Å². The van der Waals surface area contributed by atoms with Gasteiger partial charge in [-0.25, -0.2) is 0 Å². The van der Waals surface area contributed by atoms with E-state index in [0.717, 1.165) is 31.4 Å². The van der Waals surface area contributed by atoms with Crippen LogP contribution in [0.4, 0.5) is 0 Å². The molecular weight excluding hydrogens is 278 g/mol. The highest BCUT2D eigenvalue weighted by Gasteiger charge is 2.05. The molecule has 4 heteroatoms. The average molecular weight is 296 g/mol. The lowest BCUT2D eigenvalue weighted by Crippen LogP contribution is -2.25. The maximum Gasteiger partial charge on any atom is 0.0635 e. The van der Waals surface area contributed by atoms with E-state index in [4.69, 9.17) is 5.26 Å². The molecule has 0 unspecified atom stereocenters. The first-order valence-electron chi connectivity index (χ1n) is 5.91. The zero-order valence-electron chi connectivity index (χ0n) is 9.98. The monoisotopic (exact) mass is 295 g/mol. The summed E-state index contributed by atoms with van der Waals surface area (Å²) in [6.07, 6.45) is 6.61. The Labute approximate surface area is 112 Å². The first kappa shape index (κ1) is 14.1. The number of pyridine rings is 1. The minimum absolute atomic E-state index is 0.592. The third-order valence-corrected chi connectivity index (χ3v) is 3.09. The Morgan fingerprint density at radius 1 is 1.35 bits per heavy atom. The number of hydrogen-bond donors (Lipinski definition) is 0. The standard InChI is InChI=1S/C13H18BrN3/c14-6-1-2-9-17(10-4-7-15)12-13-5-3-8-16-11-13/h3,5,8,11H,1-2,4,6,9-10,12H2. The molecule has 92 valence electrons. The summed E-state index contributed by atoms with van der Waals surface area (Å²) in [5.41, 5.74) is 1.21. The van der Waals surface area contributed by atoms with Crippen molar-refractivity contribution < 1.29 is 0 Å². The van der Waals surface area contributed by atoms with Crippen molar-refractivity contribution in [2.75, 3.05) is 18.4 Å². The summed E-state index contributed by atoms with van der Waals surface area (Å²) in [6, 6.07) is 6.24. The van der Waals surface area contributed by atoms with E-state index in [2.05, 4.69) is 37.9 Å². The molecule has 0 aliphatic carbocycles. The van der Waals surface area contributed by atoms with Crippen molar-refractivity contribution in [3.8, 4) is 6.07 Å². The van der Waals surface area contributed by atoms with Gasteiger partial charge in [0.25, 0.3) is 0 Å². The molecule has 0 saturated heterocycles. The number of alkyl halides is 1. The highest BCUT2D eigenvalue weighted by atomic mass is 79.9. The van der Waals surface area contributed by atoms with Gasteiger partial charge in [0.1, 0.15) is 0 Å². The Bertz CT molecular complexity index is 334. The van der Waals surface area contributed by atoms with Crippen LogP contribution in [0.2, 0.25) is 0 Å². The molecule has 0 fully saturated rings. The first-order valence-corrected chi connectivity index (χ1v) is 7.03. The topological polar surface area (TPSA) is 39.9 Å². The molecule has 0 radical (unpaired) electrons. The fourth-order valence-corrected chi connectivity index (χ4v) is 2.05. The molecule has 1 aromatic heterocycles. The Hall–Kier alpha value is -0.920. The Kier molecular flexibility index (Phi) is 7.61. The molecule has 1 heterocycles. The van der Waals surface area contributed by atoms with Gasteiger partial charge in [0.15, 0.2) is 0 Å². The van der Waals surface area contributed by atoms with Crippen molar-refractivity contribution in [1.82, 2.24) is 9.88 Å². The van der Waals surface area contributed by atoms with Crippen molar-refractivity contribution in [1.29, 1.82) is 5.26 Å². The summed E-state index contributed by atoms with van der Waals surface area (Å²) < 4.78 is 0. The smallest absolute Gasteiger partial charge is 0.0635 e. The van der Waals surface area contributed by atoms with Gasteiger partial charge in [-0.05, 0) is 31.0 Å². The summed E-state index contributed by atoms with van der Waals surface area (Å²) in [7, 11) is 0. The first-order chi connectivity index (χ1) is 8.36. The molecule has 0 amide bonds. The quantitative estimate of drug-likeness (QED) is 0.547. The molecule has 0 bridgehead atoms. The van der Waals surface area contributed by atoms with Crippen molar-refractivity contribution in [2.24, 2.45) is 0 Å². The summed E-state index contributed by atoms with van der Waals surface area (Å²) in [5, 5.41) is 9.70. The molecule has 0 aliphatic heterocycles. The van der Waals surface area contributed by atoms with E-state index >= 15 is 0 Å². The van der Waals surface area contributed by atoms with Gasteiger partial charge in [-0.3, -0.25) is 9.88 Å². The van der Waals surface area contributed by atoms with Gasteiger partial charge >= 0.3 is 0 Å². The van der Waals surface area contributed by atoms with Crippen LogP contribution < -0.4 is 0 Å². The summed E-state index contributed by atoms with van der Waals surface area (Å²) in [6.45, 7) is 2.77. The number of nitrogens with zero attached hydrogens (tertiary/aromatic N) is 3. The van der Waals surface area contributed by atoms with Crippen molar-refractivity contribution in [2.45, 2.75) is 25.8 Å². The van der Waals surface area contributed by atoms with Gasteiger partial charge in [0, 0.05) is 37.2 Å². The second kappa shape index (κ2) is 9.15. The average Bonchev–Trinajstić information content (AvgIpc) is 2.37. The van der Waals surface area contributed by atoms with Crippen molar-refractivity contribution >= 4 is 15.9 Å². The number of nitriles is 1. The molecule has 0 spiro atoms. The van der Waals surface area contributed by atoms with E-state index in [9.17, 15) is 0 Å². The van der Waals surface area contributed by atoms with Crippen LogP contribution in [0.25, 0.3) is 0 Å². The van der Waals surface area contributed by atoms with E-state index in [1.165, 1.54) is 12.0 Å². The minimum Gasteiger partial charge on any atom is -0.298 e. The van der Waals surface area contributed by atoms with E-state index in [0.29, 0.717) is 6.42 Å². The highest BCUT2D eigenvalue weighted by Crippen LogP contribution is 2.06. The molecular formula is C13H18BrN3. The van der Waals surface area contributed by atoms with E-state index in [1.807, 2.05) is 12.3 Å². The van der Waals surface area contributed by atoms with Crippen LogP contribution in [0.5, 0.6) is 0 Å². The van der Waals surface area contributed by atoms with Crippen LogP contribution >= 0.6 is 15.9 Å². The largest absolute Gasteiger partial charge is 0.298 e. The molecule has 0 aromatic carbocycles. The number of halogens is 1. The molecule has 0 saturated carbocycles. The van der Waals surface area contributed by atoms with Gasteiger partial charge in [0.2, 0.25) is 0 Å². The third-order valence-electron chi connectivity index (χ3n) is 2.53. The lowest BCUT2D eigenvalue weighted by molar-refractivity contribution is 0.267.